The number of aliphatic hydroxyl groups excluding tert-OH is 1. The zero-order chi connectivity index (χ0) is 15.4. The highest BCUT2D eigenvalue weighted by Crippen LogP contribution is 2.44. The van der Waals surface area contributed by atoms with Gasteiger partial charge in [0.05, 0.1) is 6.61 Å². The Morgan fingerprint density at radius 3 is 2.55 bits per heavy atom. The molecule has 0 aromatic heterocycles. The number of ether oxygens (including phenoxy) is 5. The molecule has 3 aliphatic heterocycles. The summed E-state index contributed by atoms with van der Waals surface area (Å²) in [5.74, 6) is -1.97. The smallest absolute Gasteiger partial charge is 0.224 e. The summed E-state index contributed by atoms with van der Waals surface area (Å²) < 4.78 is 28.9. The molecule has 4 rings (SSSR count). The van der Waals surface area contributed by atoms with Gasteiger partial charge in [-0.05, 0) is 13.8 Å². The summed E-state index contributed by atoms with van der Waals surface area (Å²) in [7, 11) is 0. The number of fused-ring (bicyclic) bond motifs is 1. The van der Waals surface area contributed by atoms with E-state index in [1.54, 1.807) is 13.8 Å². The molecule has 3 aliphatic rings. The van der Waals surface area contributed by atoms with Gasteiger partial charge in [-0.1, -0.05) is 30.3 Å². The van der Waals surface area contributed by atoms with Crippen molar-refractivity contribution in [2.45, 2.75) is 50.0 Å². The van der Waals surface area contributed by atoms with Crippen LogP contribution in [0.2, 0.25) is 0 Å². The number of hydrogen-bond acceptors (Lipinski definition) is 6. The fourth-order valence-corrected chi connectivity index (χ4v) is 3.20. The number of benzene rings is 1. The highest BCUT2D eigenvalue weighted by Gasteiger charge is 2.61. The molecule has 0 bridgehead atoms. The average molecular weight is 308 g/mol. The molecule has 3 saturated heterocycles. The van der Waals surface area contributed by atoms with E-state index in [0.29, 0.717) is 6.61 Å². The Morgan fingerprint density at radius 2 is 1.86 bits per heavy atom. The molecule has 1 aromatic carbocycles. The summed E-state index contributed by atoms with van der Waals surface area (Å²) in [6.07, 6.45) is -2.30. The van der Waals surface area contributed by atoms with Crippen molar-refractivity contribution in [1.82, 2.24) is 0 Å². The maximum atomic E-state index is 10.7. The van der Waals surface area contributed by atoms with Gasteiger partial charge in [0, 0.05) is 5.56 Å². The first-order valence-electron chi connectivity index (χ1n) is 7.51. The largest absolute Gasteiger partial charge is 0.385 e. The molecule has 6 heteroatoms. The van der Waals surface area contributed by atoms with E-state index in [1.807, 2.05) is 30.3 Å². The Morgan fingerprint density at radius 1 is 1.09 bits per heavy atom. The van der Waals surface area contributed by atoms with Crippen LogP contribution in [0.4, 0.5) is 0 Å². The molecule has 1 N–H and O–H groups in total. The second kappa shape index (κ2) is 4.99. The van der Waals surface area contributed by atoms with E-state index in [-0.39, 0.29) is 12.7 Å². The van der Waals surface area contributed by atoms with E-state index in [0.717, 1.165) is 5.56 Å². The normalized spacial score (nSPS) is 43.4. The summed E-state index contributed by atoms with van der Waals surface area (Å²) in [4.78, 5) is 0. The van der Waals surface area contributed by atoms with Crippen LogP contribution in [0.5, 0.6) is 0 Å². The van der Waals surface area contributed by atoms with Crippen LogP contribution in [0.3, 0.4) is 0 Å². The lowest BCUT2D eigenvalue weighted by atomic mass is 9.97. The van der Waals surface area contributed by atoms with Gasteiger partial charge in [0.25, 0.3) is 0 Å². The minimum absolute atomic E-state index is 0.170. The zero-order valence-corrected chi connectivity index (χ0v) is 12.6. The van der Waals surface area contributed by atoms with Crippen molar-refractivity contribution in [1.29, 1.82) is 0 Å². The maximum Gasteiger partial charge on any atom is 0.224 e. The lowest BCUT2D eigenvalue weighted by Crippen LogP contribution is -2.61. The van der Waals surface area contributed by atoms with Crippen molar-refractivity contribution in [3.8, 4) is 0 Å². The molecule has 1 aromatic rings. The van der Waals surface area contributed by atoms with Crippen LogP contribution in [-0.4, -0.2) is 48.2 Å². The van der Waals surface area contributed by atoms with E-state index in [2.05, 4.69) is 0 Å². The Hall–Kier alpha value is -1.02. The van der Waals surface area contributed by atoms with Crippen LogP contribution in [-0.2, 0) is 23.7 Å². The van der Waals surface area contributed by atoms with Crippen LogP contribution in [0, 0.1) is 0 Å². The quantitative estimate of drug-likeness (QED) is 0.844. The molecule has 3 fully saturated rings. The topological polar surface area (TPSA) is 66.4 Å². The van der Waals surface area contributed by atoms with Gasteiger partial charge in [-0.3, -0.25) is 0 Å². The molecule has 1 unspecified atom stereocenters. The fourth-order valence-electron chi connectivity index (χ4n) is 3.20. The first kappa shape index (κ1) is 14.6. The molecule has 5 atom stereocenters. The molecule has 6 nitrogen and oxygen atoms in total. The van der Waals surface area contributed by atoms with Crippen LogP contribution in [0.25, 0.3) is 0 Å². The van der Waals surface area contributed by atoms with Crippen LogP contribution >= 0.6 is 0 Å². The van der Waals surface area contributed by atoms with Gasteiger partial charge in [-0.15, -0.1) is 0 Å². The van der Waals surface area contributed by atoms with E-state index in [9.17, 15) is 5.11 Å². The monoisotopic (exact) mass is 308 g/mol. The molecule has 1 spiro atoms. The molecule has 0 saturated carbocycles. The summed E-state index contributed by atoms with van der Waals surface area (Å²) in [6.45, 7) is 4.06. The van der Waals surface area contributed by atoms with Gasteiger partial charge in [0.2, 0.25) is 5.79 Å². The molecular formula is C16H20O6. The Balaban J connectivity index is 1.54. The van der Waals surface area contributed by atoms with Crippen LogP contribution in [0.1, 0.15) is 25.7 Å². The summed E-state index contributed by atoms with van der Waals surface area (Å²) in [5, 5.41) is 10.7. The van der Waals surface area contributed by atoms with Gasteiger partial charge in [0.1, 0.15) is 24.9 Å². The first-order chi connectivity index (χ1) is 10.5. The summed E-state index contributed by atoms with van der Waals surface area (Å²) >= 11 is 0. The molecule has 3 heterocycles. The number of hydrogen-bond donors (Lipinski definition) is 1. The fraction of sp³-hybridized carbons (Fsp3) is 0.625. The molecule has 120 valence electrons. The maximum absolute atomic E-state index is 10.7. The van der Waals surface area contributed by atoms with Crippen molar-refractivity contribution >= 4 is 0 Å². The van der Waals surface area contributed by atoms with Gasteiger partial charge in [0.15, 0.2) is 12.1 Å². The van der Waals surface area contributed by atoms with Crippen molar-refractivity contribution in [3.05, 3.63) is 35.9 Å². The third-order valence-corrected chi connectivity index (χ3v) is 4.31. The molecular weight excluding hydrogens is 288 g/mol. The van der Waals surface area contributed by atoms with E-state index >= 15 is 0 Å². The second-order valence-electron chi connectivity index (χ2n) is 6.38. The van der Waals surface area contributed by atoms with Gasteiger partial charge >= 0.3 is 0 Å². The Bertz CT molecular complexity index is 547. The minimum atomic E-state index is -1.18. The zero-order valence-electron chi connectivity index (χ0n) is 12.6. The highest BCUT2D eigenvalue weighted by atomic mass is 16.9. The number of aliphatic hydroxyl groups is 1. The molecule has 0 radical (unpaired) electrons. The SMILES string of the molecule is CC1(C)OC[C@]2(OC[C@H]3OC(c4ccccc4)O[C@H]3[C@@H]2O)O1. The van der Waals surface area contributed by atoms with E-state index in [1.165, 1.54) is 0 Å². The third-order valence-electron chi connectivity index (χ3n) is 4.31. The average Bonchev–Trinajstić information content (AvgIpc) is 3.07. The van der Waals surface area contributed by atoms with Gasteiger partial charge < -0.3 is 28.8 Å². The Kier molecular flexibility index (Phi) is 3.30. The molecule has 0 amide bonds. The molecule has 22 heavy (non-hydrogen) atoms. The van der Waals surface area contributed by atoms with Gasteiger partial charge in [-0.2, -0.15) is 0 Å². The van der Waals surface area contributed by atoms with E-state index < -0.39 is 30.1 Å². The van der Waals surface area contributed by atoms with Crippen LogP contribution in [0.15, 0.2) is 30.3 Å². The lowest BCUT2D eigenvalue weighted by molar-refractivity contribution is -0.326. The van der Waals surface area contributed by atoms with Crippen molar-refractivity contribution in [2.75, 3.05) is 13.2 Å². The third kappa shape index (κ3) is 2.27. The predicted molar refractivity (Wildman–Crippen MR) is 74.7 cm³/mol. The second-order valence-corrected chi connectivity index (χ2v) is 6.38. The van der Waals surface area contributed by atoms with E-state index in [4.69, 9.17) is 23.7 Å². The van der Waals surface area contributed by atoms with Crippen LogP contribution < -0.4 is 0 Å². The first-order valence-corrected chi connectivity index (χ1v) is 7.51. The predicted octanol–water partition coefficient (Wildman–Crippen LogP) is 1.34. The van der Waals surface area contributed by atoms with Crippen molar-refractivity contribution < 1.29 is 28.8 Å². The van der Waals surface area contributed by atoms with Crippen molar-refractivity contribution in [2.24, 2.45) is 0 Å². The molecule has 0 aliphatic carbocycles. The summed E-state index contributed by atoms with van der Waals surface area (Å²) in [5.41, 5.74) is 0.919. The highest BCUT2D eigenvalue weighted by molar-refractivity contribution is 5.17. The number of rotatable bonds is 1. The Labute approximate surface area is 128 Å². The minimum Gasteiger partial charge on any atom is -0.385 e. The van der Waals surface area contributed by atoms with Gasteiger partial charge in [-0.25, -0.2) is 0 Å². The summed E-state index contributed by atoms with van der Waals surface area (Å²) in [6, 6.07) is 9.65. The van der Waals surface area contributed by atoms with Crippen molar-refractivity contribution in [3.63, 3.8) is 0 Å². The lowest BCUT2D eigenvalue weighted by Gasteiger charge is -2.41. The standard InChI is InChI=1S/C16H20O6/c1-15(2)19-9-16(22-15)13(17)12-11(8-18-16)20-14(21-12)10-6-4-3-5-7-10/h3-7,11-14,17H,8-9H2,1-2H3/t11-,12-,13+,14?,16+/m1/s1.